The van der Waals surface area contributed by atoms with Crippen LogP contribution in [0.2, 0.25) is 0 Å². The van der Waals surface area contributed by atoms with Gasteiger partial charge in [-0.25, -0.2) is 9.59 Å². The Morgan fingerprint density at radius 2 is 0.833 bits per heavy atom. The van der Waals surface area contributed by atoms with E-state index in [0.717, 1.165) is 12.1 Å². The summed E-state index contributed by atoms with van der Waals surface area (Å²) in [6.07, 6.45) is -1.15. The van der Waals surface area contributed by atoms with Crippen molar-refractivity contribution in [2.75, 3.05) is 0 Å². The number of carbonyl (C=O) groups is 6. The molecule has 5 aromatic rings. The lowest BCUT2D eigenvalue weighted by molar-refractivity contribution is 0.0779. The molecular weight excluding hydrogens is 696 g/mol. The lowest BCUT2D eigenvalue weighted by Crippen LogP contribution is -2.28. The Kier molecular flexibility index (Phi) is 8.98. The van der Waals surface area contributed by atoms with Crippen LogP contribution in [0.15, 0.2) is 103 Å². The first-order valence-electron chi connectivity index (χ1n) is 16.9. The van der Waals surface area contributed by atoms with E-state index in [0.29, 0.717) is 0 Å². The topological polar surface area (TPSA) is 203 Å². The normalized spacial score (nSPS) is 15.3. The number of hydrogen-bond donors (Lipinski definition) is 2. The van der Waals surface area contributed by atoms with Gasteiger partial charge in [-0.1, -0.05) is 72.8 Å². The van der Waals surface area contributed by atoms with Gasteiger partial charge >= 0.3 is 11.3 Å². The number of fused-ring (bicyclic) bond motifs is 2. The summed E-state index contributed by atoms with van der Waals surface area (Å²) in [5.41, 5.74) is -2.22. The highest BCUT2D eigenvalue weighted by molar-refractivity contribution is 6.28. The van der Waals surface area contributed by atoms with Crippen LogP contribution in [0.5, 0.6) is 11.5 Å². The van der Waals surface area contributed by atoms with E-state index in [4.69, 9.17) is 8.83 Å². The maximum Gasteiger partial charge on any atom is 0.350 e. The second-order valence-corrected chi connectivity index (χ2v) is 13.4. The standard InChI is InChI=1S/C42H30O12/c1-19-15-29(43)35(41(51)53-19)31(45)17-27(33-37(47)23-7-3-4-8-24(23)38(33)48)21-11-13-22(14-12-21)28(18-32(46)36-30(44)16-20(2)54-42(36)52)34-39(49)25-9-5-6-10-26(25)40(34)50/h3-16,27-28,33-34,43-44H,17-18H2,1-2H3. The van der Waals surface area contributed by atoms with E-state index in [2.05, 4.69) is 0 Å². The fourth-order valence-corrected chi connectivity index (χ4v) is 7.62. The molecule has 7 rings (SSSR count). The molecule has 12 nitrogen and oxygen atoms in total. The second kappa shape index (κ2) is 13.6. The predicted octanol–water partition coefficient (Wildman–Crippen LogP) is 5.73. The Balaban J connectivity index is 1.30. The molecule has 0 aliphatic heterocycles. The first-order chi connectivity index (χ1) is 25.8. The number of benzene rings is 3. The van der Waals surface area contributed by atoms with Crippen molar-refractivity contribution in [1.29, 1.82) is 0 Å². The van der Waals surface area contributed by atoms with Crippen LogP contribution in [-0.4, -0.2) is 44.9 Å². The lowest BCUT2D eigenvalue weighted by atomic mass is 9.76. The van der Waals surface area contributed by atoms with Crippen LogP contribution in [0.4, 0.5) is 0 Å². The molecule has 3 aromatic carbocycles. The second-order valence-electron chi connectivity index (χ2n) is 13.4. The van der Waals surface area contributed by atoms with Gasteiger partial charge in [-0.05, 0) is 25.0 Å². The van der Waals surface area contributed by atoms with E-state index < -0.39 is 105 Å². The molecule has 0 fully saturated rings. The van der Waals surface area contributed by atoms with Gasteiger partial charge in [0.05, 0.1) is 11.8 Å². The van der Waals surface area contributed by atoms with Crippen LogP contribution >= 0.6 is 0 Å². The Morgan fingerprint density at radius 3 is 1.11 bits per heavy atom. The number of carbonyl (C=O) groups excluding carboxylic acids is 6. The summed E-state index contributed by atoms with van der Waals surface area (Å²) < 4.78 is 10.1. The smallest absolute Gasteiger partial charge is 0.350 e. The van der Waals surface area contributed by atoms with E-state index in [9.17, 15) is 48.6 Å². The third-order valence-electron chi connectivity index (χ3n) is 10.1. The summed E-state index contributed by atoms with van der Waals surface area (Å²) in [6.45, 7) is 2.83. The van der Waals surface area contributed by atoms with Gasteiger partial charge in [0.15, 0.2) is 34.7 Å². The van der Waals surface area contributed by atoms with Crippen LogP contribution in [0, 0.1) is 25.7 Å². The van der Waals surface area contributed by atoms with Crippen LogP contribution in [0.25, 0.3) is 0 Å². The Bertz CT molecular complexity index is 2320. The number of Topliss-reactive ketones (excluding diaryl/α,β-unsaturated/α-hetero) is 6. The third kappa shape index (κ3) is 6.01. The summed E-state index contributed by atoms with van der Waals surface area (Å²) in [6, 6.07) is 20.5. The summed E-state index contributed by atoms with van der Waals surface area (Å²) >= 11 is 0. The fourth-order valence-electron chi connectivity index (χ4n) is 7.62. The van der Waals surface area contributed by atoms with E-state index in [1.54, 1.807) is 24.3 Å². The Hall–Kier alpha value is -6.82. The maximum absolute atomic E-state index is 13.8. The average molecular weight is 727 g/mol. The molecular formula is C42H30O12. The minimum Gasteiger partial charge on any atom is -0.507 e. The number of ketones is 6. The molecule has 2 aromatic heterocycles. The zero-order valence-corrected chi connectivity index (χ0v) is 28.8. The van der Waals surface area contributed by atoms with Gasteiger partial charge in [-0.15, -0.1) is 0 Å². The van der Waals surface area contributed by atoms with Gasteiger partial charge in [0.25, 0.3) is 0 Å². The minimum absolute atomic E-state index is 0.0617. The van der Waals surface area contributed by atoms with Gasteiger partial charge < -0.3 is 19.0 Å². The maximum atomic E-state index is 13.8. The summed E-state index contributed by atoms with van der Waals surface area (Å²) in [4.78, 5) is 108. The summed E-state index contributed by atoms with van der Waals surface area (Å²) in [5, 5.41) is 21.0. The fraction of sp³-hybridized carbons (Fsp3) is 0.190. The lowest BCUT2D eigenvalue weighted by Gasteiger charge is -2.24. The van der Waals surface area contributed by atoms with Crippen molar-refractivity contribution in [3.8, 4) is 11.5 Å². The highest BCUT2D eigenvalue weighted by Gasteiger charge is 2.47. The van der Waals surface area contributed by atoms with Gasteiger partial charge in [0.2, 0.25) is 0 Å². The van der Waals surface area contributed by atoms with Crippen LogP contribution < -0.4 is 11.3 Å². The minimum atomic E-state index is -1.38. The SMILES string of the molecule is Cc1cc(O)c(C(=O)CC(c2ccc(C(CC(=O)c3c(O)cc(C)oc3=O)C3C(=O)c4ccccc4C3=O)cc2)C2C(=O)c3ccccc3C2=O)c(=O)o1. The Morgan fingerprint density at radius 1 is 0.537 bits per heavy atom. The van der Waals surface area contributed by atoms with Crippen molar-refractivity contribution in [2.45, 2.75) is 38.5 Å². The predicted molar refractivity (Wildman–Crippen MR) is 190 cm³/mol. The molecule has 0 radical (unpaired) electrons. The van der Waals surface area contributed by atoms with Crippen LogP contribution in [0.3, 0.4) is 0 Å². The van der Waals surface area contributed by atoms with Crippen molar-refractivity contribution in [3.63, 3.8) is 0 Å². The number of rotatable bonds is 10. The summed E-state index contributed by atoms with van der Waals surface area (Å²) in [5.74, 6) is -10.1. The molecule has 2 unspecified atom stereocenters. The van der Waals surface area contributed by atoms with E-state index in [1.165, 1.54) is 62.4 Å². The van der Waals surface area contributed by atoms with Gasteiger partial charge in [0.1, 0.15) is 34.1 Å². The molecule has 0 bridgehead atoms. The molecule has 0 saturated heterocycles. The quantitative estimate of drug-likeness (QED) is 0.131. The molecule has 2 atom stereocenters. The van der Waals surface area contributed by atoms with Crippen molar-refractivity contribution in [1.82, 2.24) is 0 Å². The van der Waals surface area contributed by atoms with E-state index in [1.807, 2.05) is 0 Å². The molecule has 0 saturated carbocycles. The molecule has 12 heteroatoms. The molecule has 54 heavy (non-hydrogen) atoms. The molecule has 0 spiro atoms. The highest BCUT2D eigenvalue weighted by Crippen LogP contribution is 2.43. The first kappa shape index (κ1) is 35.6. The van der Waals surface area contributed by atoms with Gasteiger partial charge in [0, 0.05) is 59.1 Å². The average Bonchev–Trinajstić information content (AvgIpc) is 3.52. The van der Waals surface area contributed by atoms with Crippen molar-refractivity contribution >= 4 is 34.7 Å². The highest BCUT2D eigenvalue weighted by atomic mass is 16.4. The Labute approximate surface area is 305 Å². The van der Waals surface area contributed by atoms with Crippen molar-refractivity contribution in [3.05, 3.63) is 162 Å². The zero-order valence-electron chi connectivity index (χ0n) is 28.8. The summed E-state index contributed by atoms with van der Waals surface area (Å²) in [7, 11) is 0. The van der Waals surface area contributed by atoms with Crippen LogP contribution in [-0.2, 0) is 0 Å². The molecule has 2 N–H and O–H groups in total. The molecule has 2 aliphatic carbocycles. The molecule has 270 valence electrons. The largest absolute Gasteiger partial charge is 0.507 e. The third-order valence-corrected chi connectivity index (χ3v) is 10.1. The molecule has 2 heterocycles. The monoisotopic (exact) mass is 726 g/mol. The number of aromatic hydroxyl groups is 2. The van der Waals surface area contributed by atoms with Crippen molar-refractivity contribution < 1.29 is 47.8 Å². The van der Waals surface area contributed by atoms with Crippen LogP contribution in [0.1, 0.15) is 109 Å². The van der Waals surface area contributed by atoms with E-state index >= 15 is 0 Å². The first-order valence-corrected chi connectivity index (χ1v) is 16.9. The molecule has 2 aliphatic rings. The number of hydrogen-bond acceptors (Lipinski definition) is 12. The zero-order chi connectivity index (χ0) is 38.6. The van der Waals surface area contributed by atoms with Gasteiger partial charge in [-0.2, -0.15) is 0 Å². The molecule has 0 amide bonds. The van der Waals surface area contributed by atoms with Gasteiger partial charge in [-0.3, -0.25) is 28.8 Å². The number of aryl methyl sites for hydroxylation is 2. The van der Waals surface area contributed by atoms with Crippen molar-refractivity contribution in [2.24, 2.45) is 11.8 Å². The van der Waals surface area contributed by atoms with E-state index in [-0.39, 0.29) is 44.9 Å².